The molecule has 2 aliphatic heterocycles. The fourth-order valence-corrected chi connectivity index (χ4v) is 5.72. The number of imide groups is 1. The Kier molecular flexibility index (Phi) is 8.42. The summed E-state index contributed by atoms with van der Waals surface area (Å²) in [6, 6.07) is 10.4. The third-order valence-corrected chi connectivity index (χ3v) is 7.81. The minimum atomic E-state index is -4.19. The molecular weight excluding hydrogens is 544 g/mol. The van der Waals surface area contributed by atoms with Crippen molar-refractivity contribution >= 4 is 56.6 Å². The van der Waals surface area contributed by atoms with Crippen LogP contribution in [0.25, 0.3) is 6.08 Å². The van der Waals surface area contributed by atoms with E-state index in [1.165, 1.54) is 30.3 Å². The zero-order valence-electron chi connectivity index (χ0n) is 19.7. The molecule has 3 amide bonds. The number of morpholine rings is 1. The summed E-state index contributed by atoms with van der Waals surface area (Å²) in [5, 5.41) is -0.638. The number of halogens is 1. The van der Waals surface area contributed by atoms with Crippen LogP contribution in [0.5, 0.6) is 11.5 Å². The van der Waals surface area contributed by atoms with Crippen LogP contribution in [0, 0.1) is 0 Å². The van der Waals surface area contributed by atoms with Gasteiger partial charge in [0.1, 0.15) is 11.4 Å². The van der Waals surface area contributed by atoms with Gasteiger partial charge in [-0.2, -0.15) is 8.42 Å². The smallest absolute Gasteiger partial charge is 0.339 e. The Bertz CT molecular complexity index is 1340. The van der Waals surface area contributed by atoms with Crippen LogP contribution in [-0.4, -0.2) is 74.7 Å². The fraction of sp³-hybridized carbons (Fsp3) is 0.292. The van der Waals surface area contributed by atoms with Crippen LogP contribution in [0.3, 0.4) is 0 Å². The highest BCUT2D eigenvalue weighted by atomic mass is 35.5. The Labute approximate surface area is 223 Å². The van der Waals surface area contributed by atoms with Gasteiger partial charge in [0.15, 0.2) is 5.75 Å². The summed E-state index contributed by atoms with van der Waals surface area (Å²) in [6.07, 6.45) is 1.42. The van der Waals surface area contributed by atoms with Gasteiger partial charge in [0.25, 0.3) is 11.1 Å². The highest BCUT2D eigenvalue weighted by Gasteiger charge is 2.37. The molecule has 2 aromatic carbocycles. The van der Waals surface area contributed by atoms with Gasteiger partial charge in [0.05, 0.1) is 29.7 Å². The number of thioether (sulfide) groups is 1. The van der Waals surface area contributed by atoms with Crippen molar-refractivity contribution in [3.8, 4) is 11.5 Å². The molecule has 2 aliphatic rings. The summed E-state index contributed by atoms with van der Waals surface area (Å²) in [6.45, 7) is 3.13. The van der Waals surface area contributed by atoms with Crippen molar-refractivity contribution in [3.63, 3.8) is 0 Å². The van der Waals surface area contributed by atoms with Crippen molar-refractivity contribution in [2.75, 3.05) is 39.5 Å². The molecule has 0 aliphatic carbocycles. The summed E-state index contributed by atoms with van der Waals surface area (Å²) < 4.78 is 41.5. The number of amides is 3. The van der Waals surface area contributed by atoms with Crippen LogP contribution in [0.15, 0.2) is 52.3 Å². The minimum absolute atomic E-state index is 0.0440. The van der Waals surface area contributed by atoms with E-state index in [1.54, 1.807) is 30.0 Å². The SMILES string of the molecule is CCOc1cc(/C=C2\SC(=O)N(CC(=O)N3CCOCC3)C2=O)cc(Cl)c1OS(=O)(=O)c1ccccc1. The molecule has 10 nitrogen and oxygen atoms in total. The monoisotopic (exact) mass is 566 g/mol. The zero-order chi connectivity index (χ0) is 26.6. The van der Waals surface area contributed by atoms with Gasteiger partial charge in [-0.15, -0.1) is 0 Å². The maximum atomic E-state index is 12.9. The first-order valence-electron chi connectivity index (χ1n) is 11.3. The summed E-state index contributed by atoms with van der Waals surface area (Å²) >= 11 is 7.06. The molecule has 196 valence electrons. The van der Waals surface area contributed by atoms with Crippen LogP contribution >= 0.6 is 23.4 Å². The van der Waals surface area contributed by atoms with Crippen LogP contribution < -0.4 is 8.92 Å². The van der Waals surface area contributed by atoms with Crippen molar-refractivity contribution in [1.82, 2.24) is 9.80 Å². The molecule has 0 atom stereocenters. The normalized spacial score (nSPS) is 17.4. The van der Waals surface area contributed by atoms with Crippen LogP contribution in [0.1, 0.15) is 12.5 Å². The number of ether oxygens (including phenoxy) is 2. The predicted octanol–water partition coefficient (Wildman–Crippen LogP) is 3.40. The van der Waals surface area contributed by atoms with Gasteiger partial charge in [-0.3, -0.25) is 19.3 Å². The number of nitrogens with zero attached hydrogens (tertiary/aromatic N) is 2. The second kappa shape index (κ2) is 11.5. The molecule has 0 spiro atoms. The summed E-state index contributed by atoms with van der Waals surface area (Å²) in [7, 11) is -4.19. The van der Waals surface area contributed by atoms with Crippen molar-refractivity contribution < 1.29 is 36.5 Å². The average Bonchev–Trinajstić information content (AvgIpc) is 3.14. The highest BCUT2D eigenvalue weighted by Crippen LogP contribution is 2.40. The molecule has 0 aromatic heterocycles. The Morgan fingerprint density at radius 2 is 1.86 bits per heavy atom. The molecule has 0 saturated carbocycles. The lowest BCUT2D eigenvalue weighted by atomic mass is 10.2. The van der Waals surface area contributed by atoms with Crippen molar-refractivity contribution in [1.29, 1.82) is 0 Å². The minimum Gasteiger partial charge on any atom is -0.490 e. The number of rotatable bonds is 8. The molecular formula is C24H23ClN2O8S2. The van der Waals surface area contributed by atoms with Crippen LogP contribution in [0.2, 0.25) is 5.02 Å². The summed E-state index contributed by atoms with van der Waals surface area (Å²) in [5.74, 6) is -1.11. The van der Waals surface area contributed by atoms with E-state index in [4.69, 9.17) is 25.3 Å². The first-order valence-corrected chi connectivity index (χ1v) is 13.9. The Morgan fingerprint density at radius 1 is 1.16 bits per heavy atom. The quantitative estimate of drug-likeness (QED) is 0.350. The fourth-order valence-electron chi connectivity index (χ4n) is 3.60. The first kappa shape index (κ1) is 27.0. The van der Waals surface area contributed by atoms with Crippen molar-refractivity contribution in [2.45, 2.75) is 11.8 Å². The third kappa shape index (κ3) is 6.27. The Hall–Kier alpha value is -3.06. The first-order chi connectivity index (χ1) is 17.7. The molecule has 0 radical (unpaired) electrons. The van der Waals surface area contributed by atoms with Gasteiger partial charge in [-0.05, 0) is 54.6 Å². The number of hydrogen-bond acceptors (Lipinski definition) is 9. The molecule has 0 N–H and O–H groups in total. The van der Waals surface area contributed by atoms with Crippen LogP contribution in [-0.2, 0) is 24.4 Å². The molecule has 2 saturated heterocycles. The van der Waals surface area contributed by atoms with Crippen molar-refractivity contribution in [2.24, 2.45) is 0 Å². The van der Waals surface area contributed by atoms with Gasteiger partial charge in [-0.1, -0.05) is 29.8 Å². The van der Waals surface area contributed by atoms with Crippen LogP contribution in [0.4, 0.5) is 4.79 Å². The molecule has 0 unspecified atom stereocenters. The van der Waals surface area contributed by atoms with E-state index in [-0.39, 0.29) is 45.4 Å². The maximum Gasteiger partial charge on any atom is 0.339 e. The molecule has 0 bridgehead atoms. The van der Waals surface area contributed by atoms with Gasteiger partial charge >= 0.3 is 10.1 Å². The van der Waals surface area contributed by atoms with Crippen molar-refractivity contribution in [3.05, 3.63) is 58.0 Å². The summed E-state index contributed by atoms with van der Waals surface area (Å²) in [4.78, 5) is 40.4. The Morgan fingerprint density at radius 3 is 2.54 bits per heavy atom. The molecule has 2 aromatic rings. The van der Waals surface area contributed by atoms with E-state index in [9.17, 15) is 22.8 Å². The van der Waals surface area contributed by atoms with E-state index in [1.807, 2.05) is 0 Å². The summed E-state index contributed by atoms with van der Waals surface area (Å²) in [5.41, 5.74) is 0.378. The number of hydrogen-bond donors (Lipinski definition) is 0. The van der Waals surface area contributed by atoms with E-state index in [0.29, 0.717) is 43.6 Å². The van der Waals surface area contributed by atoms with Gasteiger partial charge in [0, 0.05) is 13.1 Å². The van der Waals surface area contributed by atoms with Gasteiger partial charge in [0.2, 0.25) is 11.7 Å². The lowest BCUT2D eigenvalue weighted by Gasteiger charge is -2.28. The second-order valence-electron chi connectivity index (χ2n) is 7.87. The van der Waals surface area contributed by atoms with Gasteiger partial charge < -0.3 is 18.6 Å². The average molecular weight is 567 g/mol. The maximum absolute atomic E-state index is 12.9. The lowest BCUT2D eigenvalue weighted by molar-refractivity contribution is -0.139. The van der Waals surface area contributed by atoms with E-state index in [0.717, 1.165) is 4.90 Å². The molecule has 4 rings (SSSR count). The van der Waals surface area contributed by atoms with E-state index < -0.39 is 21.3 Å². The second-order valence-corrected chi connectivity index (χ2v) is 10.8. The molecule has 13 heteroatoms. The van der Waals surface area contributed by atoms with E-state index >= 15 is 0 Å². The molecule has 2 fully saturated rings. The third-order valence-electron chi connectivity index (χ3n) is 5.39. The predicted molar refractivity (Wildman–Crippen MR) is 137 cm³/mol. The standard InChI is InChI=1S/C24H23ClN2O8S2/c1-2-34-19-13-16(12-18(25)22(19)35-37(31,32)17-6-4-3-5-7-17)14-20-23(29)27(24(30)36-20)15-21(28)26-8-10-33-11-9-26/h3-7,12-14H,2,8-11,15H2,1H3/b20-14-. The topological polar surface area (TPSA) is 120 Å². The highest BCUT2D eigenvalue weighted by molar-refractivity contribution is 8.18. The molecule has 37 heavy (non-hydrogen) atoms. The lowest BCUT2D eigenvalue weighted by Crippen LogP contribution is -2.46. The number of benzene rings is 2. The van der Waals surface area contributed by atoms with Gasteiger partial charge in [-0.25, -0.2) is 0 Å². The van der Waals surface area contributed by atoms with E-state index in [2.05, 4.69) is 0 Å². The molecule has 2 heterocycles. The zero-order valence-corrected chi connectivity index (χ0v) is 22.1. The largest absolute Gasteiger partial charge is 0.490 e. The Balaban J connectivity index is 1.56. The number of carbonyl (C=O) groups excluding carboxylic acids is 3. The number of carbonyl (C=O) groups is 3.